The largest absolute Gasteiger partial charge is 0.390 e. The summed E-state index contributed by atoms with van der Waals surface area (Å²) in [5.41, 5.74) is 2.35. The number of allylic oxidation sites excluding steroid dienone is 2. The summed E-state index contributed by atoms with van der Waals surface area (Å²) in [5, 5.41) is 13.0. The summed E-state index contributed by atoms with van der Waals surface area (Å²) in [7, 11) is -1.39. The molecule has 3 rings (SSSR count). The molecule has 4 nitrogen and oxygen atoms in total. The molecule has 2 atom stereocenters. The molecule has 152 valence electrons. The standard InChI is InChI=1S/C23H25FN2O2S/c1-4-9-18(17(2)24)14-25(29(3)28)15-19(27)16-26-22-12-7-5-10-20(22)21-11-6-8-13-23(21)26/h4-13,19,27H,1-2,14-16H2,3H3/b18-9-. The third-order valence-corrected chi connectivity index (χ3v) is 5.87. The molecule has 2 aromatic carbocycles. The van der Waals surface area contributed by atoms with E-state index in [-0.39, 0.29) is 13.1 Å². The minimum Gasteiger partial charge on any atom is -0.390 e. The maximum atomic E-state index is 13.7. The van der Waals surface area contributed by atoms with E-state index in [0.29, 0.717) is 12.1 Å². The number of fused-ring (bicyclic) bond motifs is 3. The molecule has 1 heterocycles. The van der Waals surface area contributed by atoms with E-state index in [1.807, 2.05) is 36.4 Å². The zero-order valence-corrected chi connectivity index (χ0v) is 17.2. The second-order valence-electron chi connectivity index (χ2n) is 6.88. The van der Waals surface area contributed by atoms with Crippen LogP contribution in [-0.4, -0.2) is 43.6 Å². The van der Waals surface area contributed by atoms with Crippen molar-refractivity contribution in [3.63, 3.8) is 0 Å². The first-order chi connectivity index (χ1) is 13.9. The van der Waals surface area contributed by atoms with Gasteiger partial charge < -0.3 is 9.67 Å². The van der Waals surface area contributed by atoms with E-state index in [1.54, 1.807) is 0 Å². The van der Waals surface area contributed by atoms with E-state index in [4.69, 9.17) is 0 Å². The Balaban J connectivity index is 1.86. The number of hydrogen-bond donors (Lipinski definition) is 1. The molecule has 0 aliphatic heterocycles. The molecule has 1 N–H and O–H groups in total. The Morgan fingerprint density at radius 3 is 2.24 bits per heavy atom. The number of aromatic nitrogens is 1. The van der Waals surface area contributed by atoms with E-state index in [9.17, 15) is 13.7 Å². The van der Waals surface area contributed by atoms with Gasteiger partial charge in [0.1, 0.15) is 5.83 Å². The first-order valence-corrected chi connectivity index (χ1v) is 10.8. The van der Waals surface area contributed by atoms with Gasteiger partial charge in [-0.05, 0) is 12.1 Å². The smallest absolute Gasteiger partial charge is 0.120 e. The number of halogens is 1. The van der Waals surface area contributed by atoms with E-state index >= 15 is 0 Å². The highest BCUT2D eigenvalue weighted by Crippen LogP contribution is 2.29. The summed E-state index contributed by atoms with van der Waals surface area (Å²) >= 11 is 0. The molecule has 0 saturated heterocycles. The lowest BCUT2D eigenvalue weighted by molar-refractivity contribution is 0.134. The SMILES string of the molecule is C=C/C=C(/CN(CC(O)Cn1c2ccccc2c2ccccc21)S(C)=O)C(=C)F. The van der Waals surface area contributed by atoms with Gasteiger partial charge in [0.05, 0.1) is 23.6 Å². The summed E-state index contributed by atoms with van der Waals surface area (Å²) < 4.78 is 29.4. The zero-order valence-electron chi connectivity index (χ0n) is 16.4. The first-order valence-electron chi connectivity index (χ1n) is 9.31. The number of rotatable bonds is 9. The number of para-hydroxylation sites is 2. The van der Waals surface area contributed by atoms with E-state index < -0.39 is 22.9 Å². The first kappa shape index (κ1) is 21.2. The maximum absolute atomic E-state index is 13.7. The van der Waals surface area contributed by atoms with Crippen molar-refractivity contribution in [2.24, 2.45) is 0 Å². The van der Waals surface area contributed by atoms with Gasteiger partial charge >= 0.3 is 0 Å². The quantitative estimate of drug-likeness (QED) is 0.531. The monoisotopic (exact) mass is 412 g/mol. The molecule has 0 radical (unpaired) electrons. The summed E-state index contributed by atoms with van der Waals surface area (Å²) in [5.74, 6) is -0.600. The Morgan fingerprint density at radius 1 is 1.21 bits per heavy atom. The molecule has 0 amide bonds. The fraction of sp³-hybridized carbons (Fsp3) is 0.217. The number of nitrogens with zero attached hydrogens (tertiary/aromatic N) is 2. The van der Waals surface area contributed by atoms with E-state index in [0.717, 1.165) is 21.8 Å². The maximum Gasteiger partial charge on any atom is 0.120 e. The second-order valence-corrected chi connectivity index (χ2v) is 8.24. The summed E-state index contributed by atoms with van der Waals surface area (Å²) in [6, 6.07) is 16.1. The molecule has 0 bridgehead atoms. The van der Waals surface area contributed by atoms with Crippen LogP contribution in [0.25, 0.3) is 21.8 Å². The van der Waals surface area contributed by atoms with Gasteiger partial charge in [-0.15, -0.1) is 0 Å². The van der Waals surface area contributed by atoms with Crippen molar-refractivity contribution in [3.8, 4) is 0 Å². The van der Waals surface area contributed by atoms with Crippen molar-refractivity contribution >= 4 is 32.8 Å². The van der Waals surface area contributed by atoms with Crippen molar-refractivity contribution in [1.29, 1.82) is 0 Å². The molecule has 0 aliphatic rings. The van der Waals surface area contributed by atoms with Crippen LogP contribution in [0.2, 0.25) is 0 Å². The van der Waals surface area contributed by atoms with Gasteiger partial charge in [-0.3, -0.25) is 0 Å². The fourth-order valence-electron chi connectivity index (χ4n) is 3.53. The lowest BCUT2D eigenvalue weighted by atomic mass is 10.2. The lowest BCUT2D eigenvalue weighted by Gasteiger charge is -2.24. The molecule has 2 unspecified atom stereocenters. The predicted molar refractivity (Wildman–Crippen MR) is 120 cm³/mol. The number of hydrogen-bond acceptors (Lipinski definition) is 2. The summed E-state index contributed by atoms with van der Waals surface area (Å²) in [6.07, 6.45) is 3.68. The molecule has 1 aromatic heterocycles. The highest BCUT2D eigenvalue weighted by Gasteiger charge is 2.19. The molecule has 3 aromatic rings. The van der Waals surface area contributed by atoms with Crippen LogP contribution in [0.1, 0.15) is 0 Å². The highest BCUT2D eigenvalue weighted by molar-refractivity contribution is 7.81. The summed E-state index contributed by atoms with van der Waals surface area (Å²) in [6.45, 7) is 7.43. The third-order valence-electron chi connectivity index (χ3n) is 4.87. The Morgan fingerprint density at radius 2 is 1.76 bits per heavy atom. The molecular weight excluding hydrogens is 387 g/mol. The fourth-order valence-corrected chi connectivity index (χ4v) is 4.23. The van der Waals surface area contributed by atoms with E-state index in [1.165, 1.54) is 22.7 Å². The molecule has 0 aliphatic carbocycles. The van der Waals surface area contributed by atoms with Crippen LogP contribution >= 0.6 is 0 Å². The molecule has 6 heteroatoms. The van der Waals surface area contributed by atoms with Gasteiger partial charge in [-0.2, -0.15) is 0 Å². The van der Waals surface area contributed by atoms with Gasteiger partial charge in [0.15, 0.2) is 0 Å². The summed E-state index contributed by atoms with van der Waals surface area (Å²) in [4.78, 5) is 0. The van der Waals surface area contributed by atoms with Crippen molar-refractivity contribution in [1.82, 2.24) is 8.87 Å². The van der Waals surface area contributed by atoms with Crippen molar-refractivity contribution in [2.45, 2.75) is 12.6 Å². The number of aliphatic hydroxyl groups excluding tert-OH is 1. The van der Waals surface area contributed by atoms with Crippen molar-refractivity contribution in [2.75, 3.05) is 19.3 Å². The zero-order chi connectivity index (χ0) is 21.0. The van der Waals surface area contributed by atoms with Crippen LogP contribution in [0.4, 0.5) is 4.39 Å². The predicted octanol–water partition coefficient (Wildman–Crippen LogP) is 4.35. The molecular formula is C23H25FN2O2S. The molecule has 29 heavy (non-hydrogen) atoms. The van der Waals surface area contributed by atoms with Gasteiger partial charge in [0.2, 0.25) is 0 Å². The van der Waals surface area contributed by atoms with Crippen molar-refractivity contribution in [3.05, 3.63) is 85.2 Å². The van der Waals surface area contributed by atoms with E-state index in [2.05, 4.69) is 29.9 Å². The van der Waals surface area contributed by atoms with Crippen LogP contribution in [0, 0.1) is 0 Å². The minimum absolute atomic E-state index is 0.0781. The highest BCUT2D eigenvalue weighted by atomic mass is 32.2. The molecule has 0 saturated carbocycles. The van der Waals surface area contributed by atoms with Crippen LogP contribution in [-0.2, 0) is 17.5 Å². The second kappa shape index (κ2) is 9.31. The van der Waals surface area contributed by atoms with Gasteiger partial charge in [-0.25, -0.2) is 12.9 Å². The molecule has 0 spiro atoms. The molecule has 0 fully saturated rings. The van der Waals surface area contributed by atoms with Gasteiger partial charge in [0.25, 0.3) is 0 Å². The van der Waals surface area contributed by atoms with Gasteiger partial charge in [0, 0.05) is 46.7 Å². The number of benzene rings is 2. The average Bonchev–Trinajstić information content (AvgIpc) is 3.01. The third kappa shape index (κ3) is 4.72. The Labute approximate surface area is 172 Å². The van der Waals surface area contributed by atoms with Crippen LogP contribution in [0.15, 0.2) is 85.2 Å². The van der Waals surface area contributed by atoms with Crippen LogP contribution < -0.4 is 0 Å². The Hall–Kier alpha value is -2.54. The van der Waals surface area contributed by atoms with Crippen LogP contribution in [0.5, 0.6) is 0 Å². The number of aliphatic hydroxyl groups is 1. The normalized spacial score (nSPS) is 14.4. The lowest BCUT2D eigenvalue weighted by Crippen LogP contribution is -2.37. The average molecular weight is 413 g/mol. The van der Waals surface area contributed by atoms with Gasteiger partial charge in [-0.1, -0.05) is 61.7 Å². The topological polar surface area (TPSA) is 45.5 Å². The van der Waals surface area contributed by atoms with Crippen LogP contribution in [0.3, 0.4) is 0 Å². The Bertz CT molecular complexity index is 1050. The van der Waals surface area contributed by atoms with Crippen molar-refractivity contribution < 1.29 is 13.7 Å². The minimum atomic E-state index is -1.39. The Kier molecular flexibility index (Phi) is 6.79.